The van der Waals surface area contributed by atoms with Gasteiger partial charge in [0, 0.05) is 24.4 Å². The molecule has 0 radical (unpaired) electrons. The first kappa shape index (κ1) is 15.7. The maximum absolute atomic E-state index is 12.6. The normalized spacial score (nSPS) is 20.5. The summed E-state index contributed by atoms with van der Waals surface area (Å²) >= 11 is 1.54. The Morgan fingerprint density at radius 2 is 2.23 bits per heavy atom. The molecule has 0 bridgehead atoms. The molecular formula is C17H18N6O2S. The molecule has 2 fully saturated rings. The quantitative estimate of drug-likeness (QED) is 0.701. The highest BCUT2D eigenvalue weighted by Crippen LogP contribution is 2.38. The molecule has 134 valence electrons. The highest BCUT2D eigenvalue weighted by molar-refractivity contribution is 7.08. The predicted octanol–water partition coefficient (Wildman–Crippen LogP) is 2.74. The second kappa shape index (κ2) is 6.31. The van der Waals surface area contributed by atoms with E-state index in [0.29, 0.717) is 24.0 Å². The molecule has 1 aliphatic heterocycles. The number of carbonyl (C=O) groups excluding carboxylic acids is 1. The zero-order valence-electron chi connectivity index (χ0n) is 14.1. The first-order valence-corrected chi connectivity index (χ1v) is 9.79. The zero-order chi connectivity index (χ0) is 17.5. The van der Waals surface area contributed by atoms with E-state index >= 15 is 0 Å². The van der Waals surface area contributed by atoms with Gasteiger partial charge in [-0.05, 0) is 37.1 Å². The standard InChI is InChI=1S/C17H18N6O2S/c24-17(12-5-7-26-10-12)22-6-1-2-13(8-22)23-9-14(19-21-23)16-18-15(20-25-16)11-3-4-11/h5,7,9-11,13H,1-4,6,8H2. The molecule has 1 aliphatic carbocycles. The Hall–Kier alpha value is -2.55. The lowest BCUT2D eigenvalue weighted by molar-refractivity contribution is 0.0672. The van der Waals surface area contributed by atoms with Crippen molar-refractivity contribution in [2.45, 2.75) is 37.6 Å². The van der Waals surface area contributed by atoms with Crippen LogP contribution in [0, 0.1) is 0 Å². The summed E-state index contributed by atoms with van der Waals surface area (Å²) in [7, 11) is 0. The lowest BCUT2D eigenvalue weighted by Gasteiger charge is -2.32. The summed E-state index contributed by atoms with van der Waals surface area (Å²) in [6.07, 6.45) is 6.01. The van der Waals surface area contributed by atoms with Crippen LogP contribution >= 0.6 is 11.3 Å². The molecule has 0 spiro atoms. The summed E-state index contributed by atoms with van der Waals surface area (Å²) in [6, 6.07) is 1.98. The largest absolute Gasteiger partial charge is 0.336 e. The first-order chi connectivity index (χ1) is 12.8. The van der Waals surface area contributed by atoms with Crippen LogP contribution in [0.4, 0.5) is 0 Å². The number of likely N-dealkylation sites (tertiary alicyclic amines) is 1. The van der Waals surface area contributed by atoms with Crippen molar-refractivity contribution >= 4 is 17.2 Å². The van der Waals surface area contributed by atoms with Gasteiger partial charge in [0.05, 0.1) is 17.8 Å². The molecule has 3 aromatic heterocycles. The number of hydrogen-bond acceptors (Lipinski definition) is 7. The van der Waals surface area contributed by atoms with Crippen molar-refractivity contribution in [1.82, 2.24) is 30.0 Å². The summed E-state index contributed by atoms with van der Waals surface area (Å²) in [5, 5.41) is 16.3. The average Bonchev–Trinajstić information content (AvgIpc) is 3.14. The van der Waals surface area contributed by atoms with Crippen molar-refractivity contribution in [3.8, 4) is 11.6 Å². The summed E-state index contributed by atoms with van der Waals surface area (Å²) < 4.78 is 7.14. The van der Waals surface area contributed by atoms with Gasteiger partial charge in [0.2, 0.25) is 0 Å². The van der Waals surface area contributed by atoms with E-state index in [4.69, 9.17) is 4.52 Å². The number of rotatable bonds is 4. The van der Waals surface area contributed by atoms with Gasteiger partial charge >= 0.3 is 0 Å². The molecule has 4 heterocycles. The minimum Gasteiger partial charge on any atom is -0.336 e. The Morgan fingerprint density at radius 1 is 1.31 bits per heavy atom. The molecule has 1 saturated heterocycles. The summed E-state index contributed by atoms with van der Waals surface area (Å²) in [5.41, 5.74) is 1.35. The summed E-state index contributed by atoms with van der Waals surface area (Å²) in [4.78, 5) is 18.9. The van der Waals surface area contributed by atoms with Crippen LogP contribution in [0.25, 0.3) is 11.6 Å². The number of piperidine rings is 1. The number of thiophene rings is 1. The summed E-state index contributed by atoms with van der Waals surface area (Å²) in [5.74, 6) is 1.71. The molecule has 1 amide bonds. The van der Waals surface area contributed by atoms with Gasteiger partial charge in [0.1, 0.15) is 0 Å². The van der Waals surface area contributed by atoms with Gasteiger partial charge in [-0.3, -0.25) is 4.79 Å². The fourth-order valence-electron chi connectivity index (χ4n) is 3.32. The van der Waals surface area contributed by atoms with E-state index in [2.05, 4.69) is 20.5 Å². The molecule has 26 heavy (non-hydrogen) atoms. The van der Waals surface area contributed by atoms with Crippen LogP contribution in [0.3, 0.4) is 0 Å². The Morgan fingerprint density at radius 3 is 3.04 bits per heavy atom. The van der Waals surface area contributed by atoms with Gasteiger partial charge in [-0.25, -0.2) is 4.68 Å². The van der Waals surface area contributed by atoms with Gasteiger partial charge in [0.15, 0.2) is 11.5 Å². The van der Waals surface area contributed by atoms with Crippen LogP contribution in [-0.2, 0) is 0 Å². The molecule has 2 aliphatic rings. The highest BCUT2D eigenvalue weighted by Gasteiger charge is 2.30. The zero-order valence-corrected chi connectivity index (χ0v) is 14.9. The van der Waals surface area contributed by atoms with Crippen molar-refractivity contribution in [2.24, 2.45) is 0 Å². The molecule has 8 nitrogen and oxygen atoms in total. The van der Waals surface area contributed by atoms with E-state index in [0.717, 1.165) is 43.6 Å². The molecule has 9 heteroatoms. The van der Waals surface area contributed by atoms with Crippen LogP contribution < -0.4 is 0 Å². The van der Waals surface area contributed by atoms with E-state index < -0.39 is 0 Å². The highest BCUT2D eigenvalue weighted by atomic mass is 32.1. The minimum atomic E-state index is 0.0854. The van der Waals surface area contributed by atoms with E-state index in [-0.39, 0.29) is 11.9 Å². The Kier molecular flexibility index (Phi) is 3.81. The van der Waals surface area contributed by atoms with Crippen LogP contribution in [0.15, 0.2) is 27.5 Å². The number of hydrogen-bond donors (Lipinski definition) is 0. The van der Waals surface area contributed by atoms with Gasteiger partial charge in [-0.15, -0.1) is 5.10 Å². The lowest BCUT2D eigenvalue weighted by Crippen LogP contribution is -2.40. The van der Waals surface area contributed by atoms with E-state index in [9.17, 15) is 4.79 Å². The third kappa shape index (κ3) is 2.92. The second-order valence-corrected chi connectivity index (χ2v) is 7.66. The minimum absolute atomic E-state index is 0.0854. The topological polar surface area (TPSA) is 89.9 Å². The summed E-state index contributed by atoms with van der Waals surface area (Å²) in [6.45, 7) is 1.41. The number of aromatic nitrogens is 5. The molecule has 0 N–H and O–H groups in total. The van der Waals surface area contributed by atoms with Crippen molar-refractivity contribution in [3.63, 3.8) is 0 Å². The first-order valence-electron chi connectivity index (χ1n) is 8.85. The fraction of sp³-hybridized carbons (Fsp3) is 0.471. The van der Waals surface area contributed by atoms with Crippen LogP contribution in [0.5, 0.6) is 0 Å². The Balaban J connectivity index is 1.31. The van der Waals surface area contributed by atoms with Crippen molar-refractivity contribution in [2.75, 3.05) is 13.1 Å². The van der Waals surface area contributed by atoms with Gasteiger partial charge in [-0.1, -0.05) is 10.4 Å². The van der Waals surface area contributed by atoms with Crippen LogP contribution in [-0.4, -0.2) is 49.0 Å². The van der Waals surface area contributed by atoms with Crippen LogP contribution in [0.1, 0.15) is 53.8 Å². The molecule has 5 rings (SSSR count). The smallest absolute Gasteiger partial charge is 0.280 e. The fourth-order valence-corrected chi connectivity index (χ4v) is 3.95. The van der Waals surface area contributed by atoms with Crippen molar-refractivity contribution in [3.05, 3.63) is 34.4 Å². The third-order valence-electron chi connectivity index (χ3n) is 4.94. The van der Waals surface area contributed by atoms with Gasteiger partial charge in [0.25, 0.3) is 11.8 Å². The lowest BCUT2D eigenvalue weighted by atomic mass is 10.1. The van der Waals surface area contributed by atoms with Gasteiger partial charge < -0.3 is 9.42 Å². The van der Waals surface area contributed by atoms with Crippen molar-refractivity contribution < 1.29 is 9.32 Å². The number of carbonyl (C=O) groups is 1. The van der Waals surface area contributed by atoms with E-state index in [1.165, 1.54) is 0 Å². The van der Waals surface area contributed by atoms with Crippen molar-refractivity contribution in [1.29, 1.82) is 0 Å². The van der Waals surface area contributed by atoms with Crippen LogP contribution in [0.2, 0.25) is 0 Å². The Bertz CT molecular complexity index is 913. The maximum atomic E-state index is 12.6. The SMILES string of the molecule is O=C(c1ccsc1)N1CCCC(n2cc(-c3nc(C4CC4)no3)nn2)C1. The molecule has 1 unspecified atom stereocenters. The molecule has 0 aromatic carbocycles. The molecule has 1 atom stereocenters. The Labute approximate surface area is 153 Å². The number of nitrogens with zero attached hydrogens (tertiary/aromatic N) is 6. The van der Waals surface area contributed by atoms with E-state index in [1.54, 1.807) is 11.3 Å². The molecule has 1 saturated carbocycles. The van der Waals surface area contributed by atoms with Gasteiger partial charge in [-0.2, -0.15) is 16.3 Å². The molecule has 3 aromatic rings. The average molecular weight is 370 g/mol. The van der Waals surface area contributed by atoms with E-state index in [1.807, 2.05) is 32.6 Å². The molecular weight excluding hydrogens is 352 g/mol. The third-order valence-corrected chi connectivity index (χ3v) is 5.62. The predicted molar refractivity (Wildman–Crippen MR) is 93.8 cm³/mol. The maximum Gasteiger partial charge on any atom is 0.280 e. The second-order valence-electron chi connectivity index (χ2n) is 6.88. The monoisotopic (exact) mass is 370 g/mol. The number of amides is 1.